The number of non-ortho nitro benzene ring substituents is 1. The van der Waals surface area contributed by atoms with Gasteiger partial charge in [-0.15, -0.1) is 0 Å². The van der Waals surface area contributed by atoms with Gasteiger partial charge in [0.05, 0.1) is 46.3 Å². The largest absolute Gasteiger partial charge is 0.463 e. The topological polar surface area (TPSA) is 148 Å². The van der Waals surface area contributed by atoms with Gasteiger partial charge in [-0.05, 0) is 52.1 Å². The summed E-state index contributed by atoms with van der Waals surface area (Å²) in [6, 6.07) is 12.3. The van der Waals surface area contributed by atoms with E-state index in [9.17, 15) is 29.3 Å². The van der Waals surface area contributed by atoms with E-state index in [0.29, 0.717) is 41.1 Å². The van der Waals surface area contributed by atoms with Gasteiger partial charge >= 0.3 is 11.9 Å². The normalized spacial score (nSPS) is 16.4. The van der Waals surface area contributed by atoms with Crippen molar-refractivity contribution in [1.29, 1.82) is 0 Å². The first-order valence-electron chi connectivity index (χ1n) is 13.9. The number of ether oxygens (including phenoxy) is 2. The maximum absolute atomic E-state index is 13.6. The Hall–Kier alpha value is -4.84. The highest BCUT2D eigenvalue weighted by Crippen LogP contribution is 2.41. The van der Waals surface area contributed by atoms with Crippen molar-refractivity contribution in [3.8, 4) is 0 Å². The third-order valence-electron chi connectivity index (χ3n) is 7.22. The molecule has 2 aliphatic rings. The molecule has 2 amide bonds. The van der Waals surface area contributed by atoms with E-state index < -0.39 is 34.6 Å². The Morgan fingerprint density at radius 1 is 1.00 bits per heavy atom. The van der Waals surface area contributed by atoms with Crippen molar-refractivity contribution in [2.75, 3.05) is 40.4 Å². The fourth-order valence-corrected chi connectivity index (χ4v) is 5.21. The van der Waals surface area contributed by atoms with Crippen LogP contribution in [0.3, 0.4) is 0 Å². The zero-order valence-corrected chi connectivity index (χ0v) is 24.5. The van der Waals surface area contributed by atoms with Crippen molar-refractivity contribution < 1.29 is 33.6 Å². The third kappa shape index (κ3) is 6.64. The highest BCUT2D eigenvalue weighted by molar-refractivity contribution is 6.21. The predicted molar refractivity (Wildman–Crippen MR) is 156 cm³/mol. The molecule has 226 valence electrons. The van der Waals surface area contributed by atoms with E-state index in [-0.39, 0.29) is 43.0 Å². The van der Waals surface area contributed by atoms with E-state index in [4.69, 9.17) is 9.47 Å². The molecule has 1 N–H and O–H groups in total. The highest BCUT2D eigenvalue weighted by atomic mass is 16.6. The maximum Gasteiger partial charge on any atom is 0.336 e. The van der Waals surface area contributed by atoms with Crippen molar-refractivity contribution in [3.63, 3.8) is 0 Å². The number of dihydropyridines is 1. The third-order valence-corrected chi connectivity index (χ3v) is 7.22. The minimum absolute atomic E-state index is 0.0485. The fraction of sp³-hybridized carbons (Fsp3) is 0.355. The summed E-state index contributed by atoms with van der Waals surface area (Å²) >= 11 is 0. The van der Waals surface area contributed by atoms with Gasteiger partial charge in [0.1, 0.15) is 0 Å². The number of esters is 2. The molecule has 43 heavy (non-hydrogen) atoms. The summed E-state index contributed by atoms with van der Waals surface area (Å²) in [5.74, 6) is -3.19. The number of allylic oxidation sites excluding steroid dienone is 1. The molecule has 0 aliphatic carbocycles. The number of rotatable bonds is 12. The standard InChI is InChI=1S/C31H34N4O8/c1-5-42-31(39)27-24(14-16-33(3)4)32-19(2)25(26(27)20-10-8-11-21(18-20)35(40)41)30(38)43-17-9-15-34-28(36)22-12-6-7-13-23(22)29(34)37/h6-8,10-13,18,26,32H,5,9,14-17H2,1-4H3. The first-order valence-corrected chi connectivity index (χ1v) is 13.9. The molecule has 2 aliphatic heterocycles. The van der Waals surface area contributed by atoms with Crippen LogP contribution in [0.25, 0.3) is 0 Å². The van der Waals surface area contributed by atoms with Crippen molar-refractivity contribution in [2.24, 2.45) is 0 Å². The number of nitrogens with one attached hydrogen (secondary N) is 1. The number of nitrogens with zero attached hydrogens (tertiary/aromatic N) is 3. The lowest BCUT2D eigenvalue weighted by atomic mass is 9.79. The number of imide groups is 1. The molecule has 0 radical (unpaired) electrons. The number of fused-ring (bicyclic) bond motifs is 1. The fourth-order valence-electron chi connectivity index (χ4n) is 5.21. The SMILES string of the molecule is CCOC(=O)C1=C(CCN(C)C)NC(C)=C(C(=O)OCCCN2C(=O)c3ccccc3C2=O)C1c1cccc([N+](=O)[O-])c1. The van der Waals surface area contributed by atoms with E-state index in [0.717, 1.165) is 4.90 Å². The second-order valence-electron chi connectivity index (χ2n) is 10.4. The Morgan fingerprint density at radius 3 is 2.26 bits per heavy atom. The smallest absolute Gasteiger partial charge is 0.336 e. The average Bonchev–Trinajstić information content (AvgIpc) is 3.22. The molecule has 4 rings (SSSR count). The molecule has 0 fully saturated rings. The lowest BCUT2D eigenvalue weighted by molar-refractivity contribution is -0.384. The van der Waals surface area contributed by atoms with Crippen molar-refractivity contribution >= 4 is 29.4 Å². The van der Waals surface area contributed by atoms with Crippen LogP contribution in [0.15, 0.2) is 71.1 Å². The monoisotopic (exact) mass is 590 g/mol. The molecule has 2 heterocycles. The Bertz CT molecular complexity index is 1490. The molecule has 0 spiro atoms. The van der Waals surface area contributed by atoms with Gasteiger partial charge in [-0.1, -0.05) is 24.3 Å². The van der Waals surface area contributed by atoms with Crippen LogP contribution in [0.1, 0.15) is 58.9 Å². The van der Waals surface area contributed by atoms with Crippen molar-refractivity contribution in [2.45, 2.75) is 32.6 Å². The van der Waals surface area contributed by atoms with Crippen molar-refractivity contribution in [3.05, 3.63) is 97.9 Å². The Kier molecular flexibility index (Phi) is 9.71. The maximum atomic E-state index is 13.6. The zero-order chi connectivity index (χ0) is 31.3. The van der Waals surface area contributed by atoms with E-state index in [2.05, 4.69) is 5.32 Å². The van der Waals surface area contributed by atoms with Crippen LogP contribution in [0.4, 0.5) is 5.69 Å². The van der Waals surface area contributed by atoms with Crippen LogP contribution in [0, 0.1) is 10.1 Å². The Balaban J connectivity index is 1.60. The highest BCUT2D eigenvalue weighted by Gasteiger charge is 2.40. The molecule has 1 unspecified atom stereocenters. The molecular formula is C31H34N4O8. The lowest BCUT2D eigenvalue weighted by Crippen LogP contribution is -2.35. The van der Waals surface area contributed by atoms with Crippen LogP contribution >= 0.6 is 0 Å². The van der Waals surface area contributed by atoms with E-state index >= 15 is 0 Å². The number of hydrogen-bond acceptors (Lipinski definition) is 10. The minimum atomic E-state index is -0.999. The van der Waals surface area contributed by atoms with E-state index in [1.165, 1.54) is 18.2 Å². The number of nitro groups is 1. The molecule has 2 aromatic carbocycles. The van der Waals surface area contributed by atoms with Crippen LogP contribution in [0.5, 0.6) is 0 Å². The van der Waals surface area contributed by atoms with Gasteiger partial charge in [-0.2, -0.15) is 0 Å². The summed E-state index contributed by atoms with van der Waals surface area (Å²) in [7, 11) is 3.78. The van der Waals surface area contributed by atoms with Gasteiger partial charge in [0, 0.05) is 43.0 Å². The van der Waals surface area contributed by atoms with E-state index in [1.807, 2.05) is 19.0 Å². The van der Waals surface area contributed by atoms with Gasteiger partial charge in [0.25, 0.3) is 17.5 Å². The van der Waals surface area contributed by atoms with Crippen molar-refractivity contribution in [1.82, 2.24) is 15.1 Å². The van der Waals surface area contributed by atoms with Gasteiger partial charge in [-0.25, -0.2) is 9.59 Å². The number of hydrogen-bond donors (Lipinski definition) is 1. The van der Waals surface area contributed by atoms with Gasteiger partial charge in [0.15, 0.2) is 0 Å². The van der Waals surface area contributed by atoms with Crippen LogP contribution < -0.4 is 5.32 Å². The molecule has 0 bridgehead atoms. The predicted octanol–water partition coefficient (Wildman–Crippen LogP) is 3.55. The molecule has 0 saturated heterocycles. The van der Waals surface area contributed by atoms with Gasteiger partial charge < -0.3 is 19.7 Å². The number of amides is 2. The molecule has 1 atom stereocenters. The first-order chi connectivity index (χ1) is 20.5. The van der Waals surface area contributed by atoms with E-state index in [1.54, 1.807) is 44.2 Å². The Labute approximate surface area is 249 Å². The summed E-state index contributed by atoms with van der Waals surface area (Å²) in [5, 5.41) is 14.8. The van der Waals surface area contributed by atoms with Crippen LogP contribution in [-0.4, -0.2) is 78.9 Å². The minimum Gasteiger partial charge on any atom is -0.463 e. The second kappa shape index (κ2) is 13.4. The summed E-state index contributed by atoms with van der Waals surface area (Å²) < 4.78 is 11.0. The first kappa shape index (κ1) is 31.1. The number of nitro benzene ring substituents is 1. The quantitative estimate of drug-likeness (QED) is 0.128. The zero-order valence-electron chi connectivity index (χ0n) is 24.5. The molecule has 12 heteroatoms. The van der Waals surface area contributed by atoms with Gasteiger partial charge in [0.2, 0.25) is 0 Å². The number of benzene rings is 2. The molecule has 12 nitrogen and oxygen atoms in total. The summed E-state index contributed by atoms with van der Waals surface area (Å²) in [4.78, 5) is 66.5. The number of carbonyl (C=O) groups excluding carboxylic acids is 4. The van der Waals surface area contributed by atoms with Crippen LogP contribution in [0.2, 0.25) is 0 Å². The Morgan fingerprint density at radius 2 is 1.65 bits per heavy atom. The lowest BCUT2D eigenvalue weighted by Gasteiger charge is -2.32. The summed E-state index contributed by atoms with van der Waals surface area (Å²) in [6.07, 6.45) is 0.611. The molecular weight excluding hydrogens is 556 g/mol. The summed E-state index contributed by atoms with van der Waals surface area (Å²) in [6.45, 7) is 3.95. The molecule has 0 saturated carbocycles. The summed E-state index contributed by atoms with van der Waals surface area (Å²) in [5.41, 5.74) is 2.10. The van der Waals surface area contributed by atoms with Gasteiger partial charge in [-0.3, -0.25) is 24.6 Å². The average molecular weight is 591 g/mol. The molecule has 0 aromatic heterocycles. The number of carbonyl (C=O) groups is 4. The second-order valence-corrected chi connectivity index (χ2v) is 10.4. The van der Waals surface area contributed by atoms with Crippen LogP contribution in [-0.2, 0) is 19.1 Å². The molecule has 2 aromatic rings.